The van der Waals surface area contributed by atoms with Crippen LogP contribution in [0.15, 0.2) is 54.6 Å². The van der Waals surface area contributed by atoms with E-state index in [0.29, 0.717) is 31.8 Å². The number of benzene rings is 2. The van der Waals surface area contributed by atoms with Crippen molar-refractivity contribution >= 4 is 18.3 Å². The molecule has 0 spiro atoms. The highest BCUT2D eigenvalue weighted by molar-refractivity contribution is 5.94. The first kappa shape index (κ1) is 19.2. The van der Waals surface area contributed by atoms with Crippen molar-refractivity contribution in [1.82, 2.24) is 4.90 Å². The van der Waals surface area contributed by atoms with Gasteiger partial charge >= 0.3 is 0 Å². The van der Waals surface area contributed by atoms with Crippen molar-refractivity contribution in [3.8, 4) is 0 Å². The Morgan fingerprint density at radius 3 is 2.26 bits per heavy atom. The van der Waals surface area contributed by atoms with Gasteiger partial charge in [0.1, 0.15) is 0 Å². The molecule has 0 saturated carbocycles. The molecule has 0 aromatic heterocycles. The lowest BCUT2D eigenvalue weighted by Crippen LogP contribution is -2.33. The molecule has 0 unspecified atom stereocenters. The smallest absolute Gasteiger partial charge is 0.254 e. The quantitative estimate of drug-likeness (QED) is 0.847. The van der Waals surface area contributed by atoms with E-state index < -0.39 is 0 Å². The number of hydrogen-bond acceptors (Lipinski definition) is 3. The van der Waals surface area contributed by atoms with Gasteiger partial charge in [0.05, 0.1) is 6.61 Å². The first-order chi connectivity index (χ1) is 10.7. The standard InChI is InChI=1S/C18H22N2O2.ClH/c1-22-12-11-20(14-16-5-3-2-4-6-16)18(21)17-9-7-15(13-19)8-10-17;/h2-10H,11-14,19H2,1H3;1H. The Labute approximate surface area is 143 Å². The van der Waals surface area contributed by atoms with Gasteiger partial charge in [0, 0.05) is 32.3 Å². The summed E-state index contributed by atoms with van der Waals surface area (Å²) in [5, 5.41) is 0. The highest BCUT2D eigenvalue weighted by Gasteiger charge is 2.15. The van der Waals surface area contributed by atoms with Crippen molar-refractivity contribution in [2.45, 2.75) is 13.1 Å². The van der Waals surface area contributed by atoms with E-state index in [2.05, 4.69) is 0 Å². The van der Waals surface area contributed by atoms with Gasteiger partial charge in [0.25, 0.3) is 5.91 Å². The third-order valence-corrected chi connectivity index (χ3v) is 3.51. The normalized spacial score (nSPS) is 10.0. The molecule has 2 N–H and O–H groups in total. The fourth-order valence-electron chi connectivity index (χ4n) is 2.22. The zero-order valence-corrected chi connectivity index (χ0v) is 14.1. The number of hydrogen-bond donors (Lipinski definition) is 1. The lowest BCUT2D eigenvalue weighted by Gasteiger charge is -2.22. The van der Waals surface area contributed by atoms with Gasteiger partial charge in [-0.25, -0.2) is 0 Å². The fourth-order valence-corrected chi connectivity index (χ4v) is 2.22. The predicted molar refractivity (Wildman–Crippen MR) is 94.6 cm³/mol. The minimum atomic E-state index is 0. The Bertz CT molecular complexity index is 588. The Kier molecular flexibility index (Phi) is 8.33. The van der Waals surface area contributed by atoms with E-state index >= 15 is 0 Å². The molecule has 0 aliphatic rings. The van der Waals surface area contributed by atoms with E-state index in [1.54, 1.807) is 12.0 Å². The third-order valence-electron chi connectivity index (χ3n) is 3.51. The molecular weight excluding hydrogens is 312 g/mol. The molecule has 0 bridgehead atoms. The topological polar surface area (TPSA) is 55.6 Å². The maximum absolute atomic E-state index is 12.7. The minimum Gasteiger partial charge on any atom is -0.383 e. The summed E-state index contributed by atoms with van der Waals surface area (Å²) >= 11 is 0. The first-order valence-corrected chi connectivity index (χ1v) is 7.35. The Morgan fingerprint density at radius 2 is 1.70 bits per heavy atom. The third kappa shape index (κ3) is 5.67. The van der Waals surface area contributed by atoms with E-state index in [4.69, 9.17) is 10.5 Å². The minimum absolute atomic E-state index is 0. The van der Waals surface area contributed by atoms with Crippen molar-refractivity contribution < 1.29 is 9.53 Å². The van der Waals surface area contributed by atoms with E-state index in [9.17, 15) is 4.79 Å². The number of halogens is 1. The highest BCUT2D eigenvalue weighted by atomic mass is 35.5. The highest BCUT2D eigenvalue weighted by Crippen LogP contribution is 2.11. The van der Waals surface area contributed by atoms with Crippen LogP contribution in [0.25, 0.3) is 0 Å². The molecule has 1 amide bonds. The van der Waals surface area contributed by atoms with Crippen LogP contribution in [0, 0.1) is 0 Å². The molecular formula is C18H23ClN2O2. The van der Waals surface area contributed by atoms with E-state index in [-0.39, 0.29) is 18.3 Å². The molecule has 0 aliphatic carbocycles. The van der Waals surface area contributed by atoms with Crippen LogP contribution in [0.3, 0.4) is 0 Å². The SMILES string of the molecule is COCCN(Cc1ccccc1)C(=O)c1ccc(CN)cc1.Cl. The molecule has 0 aliphatic heterocycles. The summed E-state index contributed by atoms with van der Waals surface area (Å²) in [4.78, 5) is 14.5. The average molecular weight is 335 g/mol. The van der Waals surface area contributed by atoms with E-state index in [0.717, 1.165) is 11.1 Å². The van der Waals surface area contributed by atoms with Crippen molar-refractivity contribution in [2.24, 2.45) is 5.73 Å². The van der Waals surface area contributed by atoms with Crippen LogP contribution in [0.2, 0.25) is 0 Å². The van der Waals surface area contributed by atoms with Gasteiger partial charge in [-0.05, 0) is 23.3 Å². The lowest BCUT2D eigenvalue weighted by atomic mass is 10.1. The number of methoxy groups -OCH3 is 1. The number of carbonyl (C=O) groups is 1. The van der Waals surface area contributed by atoms with E-state index in [1.807, 2.05) is 54.6 Å². The fraction of sp³-hybridized carbons (Fsp3) is 0.278. The van der Waals surface area contributed by atoms with Gasteiger partial charge in [-0.1, -0.05) is 42.5 Å². The summed E-state index contributed by atoms with van der Waals surface area (Å²) in [5.41, 5.74) is 8.38. The second kappa shape index (κ2) is 10.0. The number of ether oxygens (including phenoxy) is 1. The molecule has 0 saturated heterocycles. The maximum Gasteiger partial charge on any atom is 0.254 e. The summed E-state index contributed by atoms with van der Waals surface area (Å²) in [5.74, 6) is 0.00414. The zero-order chi connectivity index (χ0) is 15.8. The molecule has 0 fully saturated rings. The number of nitrogens with two attached hydrogens (primary N) is 1. The molecule has 0 heterocycles. The summed E-state index contributed by atoms with van der Waals surface area (Å²) < 4.78 is 5.12. The van der Waals surface area contributed by atoms with Gasteiger partial charge in [-0.15, -0.1) is 12.4 Å². The van der Waals surface area contributed by atoms with Crippen LogP contribution in [0.1, 0.15) is 21.5 Å². The lowest BCUT2D eigenvalue weighted by molar-refractivity contribution is 0.0680. The second-order valence-corrected chi connectivity index (χ2v) is 5.11. The summed E-state index contributed by atoms with van der Waals surface area (Å²) in [6.07, 6.45) is 0. The van der Waals surface area contributed by atoms with E-state index in [1.165, 1.54) is 0 Å². The monoisotopic (exact) mass is 334 g/mol. The number of rotatable bonds is 7. The zero-order valence-electron chi connectivity index (χ0n) is 13.3. The van der Waals surface area contributed by atoms with Crippen LogP contribution in [-0.2, 0) is 17.8 Å². The predicted octanol–water partition coefficient (Wildman–Crippen LogP) is 2.86. The first-order valence-electron chi connectivity index (χ1n) is 7.35. The van der Waals surface area contributed by atoms with Crippen LogP contribution >= 0.6 is 12.4 Å². The number of carbonyl (C=O) groups excluding carboxylic acids is 1. The largest absolute Gasteiger partial charge is 0.383 e. The van der Waals surface area contributed by atoms with Gasteiger partial charge < -0.3 is 15.4 Å². The van der Waals surface area contributed by atoms with Gasteiger partial charge in [-0.3, -0.25) is 4.79 Å². The van der Waals surface area contributed by atoms with Crippen LogP contribution < -0.4 is 5.73 Å². The molecule has 5 heteroatoms. The molecule has 2 aromatic carbocycles. The molecule has 23 heavy (non-hydrogen) atoms. The van der Waals surface area contributed by atoms with Crippen molar-refractivity contribution in [3.05, 3.63) is 71.3 Å². The second-order valence-electron chi connectivity index (χ2n) is 5.11. The Morgan fingerprint density at radius 1 is 1.04 bits per heavy atom. The maximum atomic E-state index is 12.7. The molecule has 0 radical (unpaired) electrons. The van der Waals surface area contributed by atoms with Crippen LogP contribution in [0.4, 0.5) is 0 Å². The van der Waals surface area contributed by atoms with Crippen molar-refractivity contribution in [2.75, 3.05) is 20.3 Å². The Balaban J connectivity index is 0.00000264. The number of amides is 1. The van der Waals surface area contributed by atoms with Crippen molar-refractivity contribution in [1.29, 1.82) is 0 Å². The van der Waals surface area contributed by atoms with Crippen LogP contribution in [0.5, 0.6) is 0 Å². The van der Waals surface area contributed by atoms with Crippen molar-refractivity contribution in [3.63, 3.8) is 0 Å². The summed E-state index contributed by atoms with van der Waals surface area (Å²) in [7, 11) is 1.64. The molecule has 4 nitrogen and oxygen atoms in total. The van der Waals surface area contributed by atoms with Crippen LogP contribution in [-0.4, -0.2) is 31.1 Å². The van der Waals surface area contributed by atoms with Gasteiger partial charge in [0.2, 0.25) is 0 Å². The average Bonchev–Trinajstić information content (AvgIpc) is 2.59. The molecule has 2 rings (SSSR count). The van der Waals surface area contributed by atoms with Gasteiger partial charge in [-0.2, -0.15) is 0 Å². The number of nitrogens with zero attached hydrogens (tertiary/aromatic N) is 1. The Hall–Kier alpha value is -1.88. The van der Waals surface area contributed by atoms with Gasteiger partial charge in [0.15, 0.2) is 0 Å². The summed E-state index contributed by atoms with van der Waals surface area (Å²) in [6.45, 7) is 2.12. The molecule has 2 aromatic rings. The molecule has 124 valence electrons. The summed E-state index contributed by atoms with van der Waals surface area (Å²) in [6, 6.07) is 17.4. The molecule has 0 atom stereocenters.